The molecule has 3 N–H and O–H groups in total. The highest BCUT2D eigenvalue weighted by molar-refractivity contribution is 7.12. The van der Waals surface area contributed by atoms with E-state index in [9.17, 15) is 9.59 Å². The number of ether oxygens (including phenoxy) is 1. The van der Waals surface area contributed by atoms with Crippen molar-refractivity contribution < 1.29 is 14.3 Å². The predicted octanol–water partition coefficient (Wildman–Crippen LogP) is 4.22. The molecular formula is C23H21N3O3S. The monoisotopic (exact) mass is 419 g/mol. The van der Waals surface area contributed by atoms with Gasteiger partial charge in [-0.2, -0.15) is 0 Å². The standard InChI is InChI=1S/C23H21N3O3S/c1-29-17-10-8-16(9-11-17)25-22(27)20(26-23(28)21-7-4-12-30-21)13-15-14-24-19-6-3-2-5-18(15)19/h2-12,14,20,24H,13H2,1H3,(H,25,27)(H,26,28). The molecule has 2 aromatic carbocycles. The van der Waals surface area contributed by atoms with E-state index in [4.69, 9.17) is 4.74 Å². The number of aromatic amines is 1. The number of carbonyl (C=O) groups is 2. The van der Waals surface area contributed by atoms with Gasteiger partial charge in [0.2, 0.25) is 5.91 Å². The zero-order chi connectivity index (χ0) is 20.9. The van der Waals surface area contributed by atoms with E-state index in [1.807, 2.05) is 41.9 Å². The van der Waals surface area contributed by atoms with Crippen LogP contribution in [-0.2, 0) is 11.2 Å². The summed E-state index contributed by atoms with van der Waals surface area (Å²) in [4.78, 5) is 29.5. The third kappa shape index (κ3) is 4.36. The lowest BCUT2D eigenvalue weighted by Crippen LogP contribution is -2.45. The molecule has 2 heterocycles. The lowest BCUT2D eigenvalue weighted by atomic mass is 10.0. The van der Waals surface area contributed by atoms with Crippen LogP contribution in [0.15, 0.2) is 72.2 Å². The summed E-state index contributed by atoms with van der Waals surface area (Å²) in [6, 6.07) is 17.8. The summed E-state index contributed by atoms with van der Waals surface area (Å²) in [5, 5.41) is 8.64. The third-order valence-electron chi connectivity index (χ3n) is 4.82. The van der Waals surface area contributed by atoms with Gasteiger partial charge < -0.3 is 20.4 Å². The first-order valence-corrected chi connectivity index (χ1v) is 10.4. The number of benzene rings is 2. The molecule has 30 heavy (non-hydrogen) atoms. The van der Waals surface area contributed by atoms with E-state index < -0.39 is 6.04 Å². The van der Waals surface area contributed by atoms with Crippen molar-refractivity contribution in [3.63, 3.8) is 0 Å². The minimum absolute atomic E-state index is 0.264. The first kappa shape index (κ1) is 19.7. The highest BCUT2D eigenvalue weighted by atomic mass is 32.1. The van der Waals surface area contributed by atoms with E-state index in [1.165, 1.54) is 11.3 Å². The number of fused-ring (bicyclic) bond motifs is 1. The highest BCUT2D eigenvalue weighted by Crippen LogP contribution is 2.21. The first-order chi connectivity index (χ1) is 14.6. The van der Waals surface area contributed by atoms with E-state index in [-0.39, 0.29) is 11.8 Å². The summed E-state index contributed by atoms with van der Waals surface area (Å²) in [5.74, 6) is 0.157. The minimum Gasteiger partial charge on any atom is -0.497 e. The second-order valence-electron chi connectivity index (χ2n) is 6.78. The Hall–Kier alpha value is -3.58. The number of methoxy groups -OCH3 is 1. The molecule has 0 aliphatic carbocycles. The Bertz CT molecular complexity index is 1150. The average molecular weight is 420 g/mol. The molecular weight excluding hydrogens is 398 g/mol. The molecule has 0 fully saturated rings. The maximum absolute atomic E-state index is 13.1. The van der Waals surface area contributed by atoms with Gasteiger partial charge in [-0.15, -0.1) is 11.3 Å². The number of carbonyl (C=O) groups excluding carboxylic acids is 2. The van der Waals surface area contributed by atoms with Crippen molar-refractivity contribution in [2.75, 3.05) is 12.4 Å². The molecule has 0 aliphatic rings. The first-order valence-electron chi connectivity index (χ1n) is 9.48. The second kappa shape index (κ2) is 8.84. The number of rotatable bonds is 7. The van der Waals surface area contributed by atoms with E-state index in [0.29, 0.717) is 22.7 Å². The molecule has 1 atom stereocenters. The zero-order valence-electron chi connectivity index (χ0n) is 16.3. The smallest absolute Gasteiger partial charge is 0.262 e. The highest BCUT2D eigenvalue weighted by Gasteiger charge is 2.24. The molecule has 6 nitrogen and oxygen atoms in total. The number of H-pyrrole nitrogens is 1. The zero-order valence-corrected chi connectivity index (χ0v) is 17.2. The summed E-state index contributed by atoms with van der Waals surface area (Å²) < 4.78 is 5.15. The summed E-state index contributed by atoms with van der Waals surface area (Å²) in [5.41, 5.74) is 2.59. The van der Waals surface area contributed by atoms with Gasteiger partial charge in [-0.1, -0.05) is 24.3 Å². The van der Waals surface area contributed by atoms with Gasteiger partial charge in [0.1, 0.15) is 11.8 Å². The van der Waals surface area contributed by atoms with Crippen LogP contribution in [0.2, 0.25) is 0 Å². The van der Waals surface area contributed by atoms with Crippen molar-refractivity contribution in [3.8, 4) is 5.75 Å². The molecule has 0 radical (unpaired) electrons. The van der Waals surface area contributed by atoms with Crippen LogP contribution in [0, 0.1) is 0 Å². The maximum Gasteiger partial charge on any atom is 0.262 e. The van der Waals surface area contributed by atoms with Crippen molar-refractivity contribution in [3.05, 3.63) is 82.7 Å². The maximum atomic E-state index is 13.1. The van der Waals surface area contributed by atoms with Crippen molar-refractivity contribution in [1.82, 2.24) is 10.3 Å². The molecule has 1 unspecified atom stereocenters. The van der Waals surface area contributed by atoms with Gasteiger partial charge >= 0.3 is 0 Å². The molecule has 0 aliphatic heterocycles. The number of anilines is 1. The molecule has 4 aromatic rings. The van der Waals surface area contributed by atoms with Crippen LogP contribution in [0.25, 0.3) is 10.9 Å². The SMILES string of the molecule is COc1ccc(NC(=O)C(Cc2c[nH]c3ccccc23)NC(=O)c2cccs2)cc1. The number of hydrogen-bond donors (Lipinski definition) is 3. The van der Waals surface area contributed by atoms with Gasteiger partial charge in [0.05, 0.1) is 12.0 Å². The number of para-hydroxylation sites is 1. The second-order valence-corrected chi connectivity index (χ2v) is 7.73. The van der Waals surface area contributed by atoms with Gasteiger partial charge in [0.15, 0.2) is 0 Å². The van der Waals surface area contributed by atoms with Crippen molar-refractivity contribution >= 4 is 39.7 Å². The summed E-state index contributed by atoms with van der Waals surface area (Å²) in [6.45, 7) is 0. The Labute approximate surface area is 177 Å². The van der Waals surface area contributed by atoms with Crippen LogP contribution in [-0.4, -0.2) is 29.9 Å². The van der Waals surface area contributed by atoms with Gasteiger partial charge in [0, 0.05) is 29.2 Å². The van der Waals surface area contributed by atoms with E-state index in [0.717, 1.165) is 16.5 Å². The topological polar surface area (TPSA) is 83.2 Å². The molecule has 0 saturated heterocycles. The van der Waals surface area contributed by atoms with Crippen molar-refractivity contribution in [2.24, 2.45) is 0 Å². The van der Waals surface area contributed by atoms with Gasteiger partial charge in [-0.3, -0.25) is 9.59 Å². The van der Waals surface area contributed by atoms with Crippen molar-refractivity contribution in [2.45, 2.75) is 12.5 Å². The molecule has 4 rings (SSSR count). The van der Waals surface area contributed by atoms with Gasteiger partial charge in [0.25, 0.3) is 5.91 Å². The Morgan fingerprint density at radius 1 is 1.07 bits per heavy atom. The van der Waals surface area contributed by atoms with E-state index in [1.54, 1.807) is 37.4 Å². The van der Waals surface area contributed by atoms with Crippen LogP contribution in [0.1, 0.15) is 15.2 Å². The fourth-order valence-electron chi connectivity index (χ4n) is 3.27. The predicted molar refractivity (Wildman–Crippen MR) is 119 cm³/mol. The Morgan fingerprint density at radius 3 is 2.60 bits per heavy atom. The number of amides is 2. The van der Waals surface area contributed by atoms with Gasteiger partial charge in [-0.05, 0) is 47.3 Å². The number of hydrogen-bond acceptors (Lipinski definition) is 4. The van der Waals surface area contributed by atoms with Gasteiger partial charge in [-0.25, -0.2) is 0 Å². The van der Waals surface area contributed by atoms with E-state index >= 15 is 0 Å². The molecule has 152 valence electrons. The number of aromatic nitrogens is 1. The quantitative estimate of drug-likeness (QED) is 0.419. The van der Waals surface area contributed by atoms with Crippen LogP contribution < -0.4 is 15.4 Å². The lowest BCUT2D eigenvalue weighted by molar-refractivity contribution is -0.118. The number of thiophene rings is 1. The molecule has 0 spiro atoms. The largest absolute Gasteiger partial charge is 0.497 e. The molecule has 7 heteroatoms. The average Bonchev–Trinajstić information content (AvgIpc) is 3.44. The lowest BCUT2D eigenvalue weighted by Gasteiger charge is -2.18. The molecule has 2 aromatic heterocycles. The molecule has 0 bridgehead atoms. The van der Waals surface area contributed by atoms with Crippen LogP contribution in [0.5, 0.6) is 5.75 Å². The normalized spacial score (nSPS) is 11.8. The van der Waals surface area contributed by atoms with Crippen LogP contribution in [0.3, 0.4) is 0 Å². The third-order valence-corrected chi connectivity index (χ3v) is 5.69. The Balaban J connectivity index is 1.56. The summed E-state index contributed by atoms with van der Waals surface area (Å²) in [6.07, 6.45) is 2.25. The Morgan fingerprint density at radius 2 is 1.87 bits per heavy atom. The van der Waals surface area contributed by atoms with Crippen LogP contribution in [0.4, 0.5) is 5.69 Å². The molecule has 2 amide bonds. The van der Waals surface area contributed by atoms with Crippen LogP contribution >= 0.6 is 11.3 Å². The van der Waals surface area contributed by atoms with Crippen molar-refractivity contribution in [1.29, 1.82) is 0 Å². The summed E-state index contributed by atoms with van der Waals surface area (Å²) >= 11 is 1.34. The van der Waals surface area contributed by atoms with E-state index in [2.05, 4.69) is 15.6 Å². The number of nitrogens with one attached hydrogen (secondary N) is 3. The molecule has 0 saturated carbocycles. The fourth-order valence-corrected chi connectivity index (χ4v) is 3.90. The fraction of sp³-hybridized carbons (Fsp3) is 0.130. The summed E-state index contributed by atoms with van der Waals surface area (Å²) in [7, 11) is 1.59. The Kier molecular flexibility index (Phi) is 5.81. The minimum atomic E-state index is -0.735.